The number of carbonyl (C=O) groups excluding carboxylic acids is 1. The number of hydrogen-bond acceptors (Lipinski definition) is 5. The van der Waals surface area contributed by atoms with Crippen molar-refractivity contribution in [1.82, 2.24) is 15.1 Å². The summed E-state index contributed by atoms with van der Waals surface area (Å²) in [7, 11) is 1.69. The van der Waals surface area contributed by atoms with Crippen LogP contribution in [0.5, 0.6) is 5.75 Å². The minimum absolute atomic E-state index is 0.159. The van der Waals surface area contributed by atoms with Crippen LogP contribution >= 0.6 is 0 Å². The lowest BCUT2D eigenvalue weighted by Crippen LogP contribution is -2.37. The first-order valence-electron chi connectivity index (χ1n) is 8.80. The fourth-order valence-electron chi connectivity index (χ4n) is 2.65. The largest absolute Gasteiger partial charge is 0.481 e. The third kappa shape index (κ3) is 4.53. The van der Waals surface area contributed by atoms with Crippen molar-refractivity contribution < 1.29 is 13.9 Å². The van der Waals surface area contributed by atoms with Gasteiger partial charge in [0.2, 0.25) is 11.8 Å². The minimum Gasteiger partial charge on any atom is -0.481 e. The number of rotatable bonds is 6. The molecule has 1 atom stereocenters. The summed E-state index contributed by atoms with van der Waals surface area (Å²) in [4.78, 5) is 14.1. The van der Waals surface area contributed by atoms with Crippen molar-refractivity contribution in [3.8, 4) is 17.2 Å². The van der Waals surface area contributed by atoms with Crippen LogP contribution < -0.4 is 4.74 Å². The second-order valence-corrected chi connectivity index (χ2v) is 6.59. The molecule has 0 N–H and O–H groups in total. The molecule has 1 heterocycles. The summed E-state index contributed by atoms with van der Waals surface area (Å²) in [6, 6.07) is 15.4. The average molecular weight is 365 g/mol. The first kappa shape index (κ1) is 18.6. The van der Waals surface area contributed by atoms with Crippen LogP contribution in [-0.2, 0) is 11.3 Å². The molecule has 0 fully saturated rings. The highest BCUT2D eigenvalue weighted by Gasteiger charge is 2.22. The number of aromatic nitrogens is 2. The van der Waals surface area contributed by atoms with Gasteiger partial charge in [-0.3, -0.25) is 4.79 Å². The number of benzene rings is 2. The Morgan fingerprint density at radius 3 is 2.52 bits per heavy atom. The molecule has 0 aliphatic rings. The van der Waals surface area contributed by atoms with Crippen molar-refractivity contribution in [3.05, 3.63) is 65.5 Å². The summed E-state index contributed by atoms with van der Waals surface area (Å²) < 4.78 is 11.5. The quantitative estimate of drug-likeness (QED) is 0.665. The van der Waals surface area contributed by atoms with Gasteiger partial charge in [-0.2, -0.15) is 0 Å². The predicted octanol–water partition coefficient (Wildman–Crippen LogP) is 3.78. The summed E-state index contributed by atoms with van der Waals surface area (Å²) in [6.07, 6.45) is -0.615. The molecular formula is C21H23N3O3. The molecule has 0 saturated heterocycles. The van der Waals surface area contributed by atoms with Crippen molar-refractivity contribution in [2.45, 2.75) is 33.4 Å². The Balaban J connectivity index is 1.63. The molecule has 0 spiro atoms. The number of para-hydroxylation sites is 1. The van der Waals surface area contributed by atoms with Crippen LogP contribution in [0.4, 0.5) is 0 Å². The van der Waals surface area contributed by atoms with Gasteiger partial charge in [0.25, 0.3) is 5.91 Å². The highest BCUT2D eigenvalue weighted by Crippen LogP contribution is 2.20. The smallest absolute Gasteiger partial charge is 0.263 e. The Kier molecular flexibility index (Phi) is 5.54. The molecule has 0 radical (unpaired) electrons. The van der Waals surface area contributed by atoms with Crippen LogP contribution in [-0.4, -0.2) is 34.2 Å². The number of likely N-dealkylation sites (N-methyl/N-ethyl adjacent to an activating group) is 1. The zero-order chi connectivity index (χ0) is 19.4. The number of carbonyl (C=O) groups is 1. The van der Waals surface area contributed by atoms with E-state index in [1.54, 1.807) is 14.0 Å². The third-order valence-corrected chi connectivity index (χ3v) is 4.26. The summed E-state index contributed by atoms with van der Waals surface area (Å²) in [6.45, 7) is 5.92. The van der Waals surface area contributed by atoms with Crippen LogP contribution in [0, 0.1) is 13.8 Å². The van der Waals surface area contributed by atoms with Crippen molar-refractivity contribution in [1.29, 1.82) is 0 Å². The molecule has 3 rings (SSSR count). The van der Waals surface area contributed by atoms with Gasteiger partial charge < -0.3 is 14.1 Å². The Labute approximate surface area is 158 Å². The Morgan fingerprint density at radius 2 is 1.81 bits per heavy atom. The van der Waals surface area contributed by atoms with E-state index in [4.69, 9.17) is 9.15 Å². The predicted molar refractivity (Wildman–Crippen MR) is 102 cm³/mol. The van der Waals surface area contributed by atoms with Crippen LogP contribution in [0.2, 0.25) is 0 Å². The first-order valence-corrected chi connectivity index (χ1v) is 8.80. The zero-order valence-corrected chi connectivity index (χ0v) is 16.0. The number of aryl methyl sites for hydroxylation is 2. The van der Waals surface area contributed by atoms with Gasteiger partial charge in [-0.15, -0.1) is 10.2 Å². The highest BCUT2D eigenvalue weighted by molar-refractivity contribution is 5.80. The van der Waals surface area contributed by atoms with Gasteiger partial charge in [0.1, 0.15) is 5.75 Å². The summed E-state index contributed by atoms with van der Waals surface area (Å²) in [5.74, 6) is 1.36. The fraction of sp³-hybridized carbons (Fsp3) is 0.286. The highest BCUT2D eigenvalue weighted by atomic mass is 16.5. The molecule has 6 nitrogen and oxygen atoms in total. The monoisotopic (exact) mass is 365 g/mol. The van der Waals surface area contributed by atoms with E-state index in [1.807, 2.05) is 62.4 Å². The minimum atomic E-state index is -0.615. The van der Waals surface area contributed by atoms with E-state index in [9.17, 15) is 4.79 Å². The Hall–Kier alpha value is -3.15. The van der Waals surface area contributed by atoms with Gasteiger partial charge in [-0.25, -0.2) is 0 Å². The van der Waals surface area contributed by atoms with E-state index in [-0.39, 0.29) is 12.5 Å². The van der Waals surface area contributed by atoms with Crippen LogP contribution in [0.15, 0.2) is 52.9 Å². The molecule has 0 bridgehead atoms. The first-order chi connectivity index (χ1) is 12.9. The van der Waals surface area contributed by atoms with E-state index in [0.717, 1.165) is 16.7 Å². The van der Waals surface area contributed by atoms with Gasteiger partial charge in [-0.1, -0.05) is 35.9 Å². The van der Waals surface area contributed by atoms with E-state index in [1.165, 1.54) is 4.90 Å². The lowest BCUT2D eigenvalue weighted by Gasteiger charge is -2.21. The van der Waals surface area contributed by atoms with Crippen molar-refractivity contribution in [2.24, 2.45) is 0 Å². The molecular weight excluding hydrogens is 342 g/mol. The molecule has 0 aliphatic heterocycles. The molecule has 140 valence electrons. The molecule has 3 aromatic rings. The number of amides is 1. The third-order valence-electron chi connectivity index (χ3n) is 4.26. The molecule has 2 aromatic carbocycles. The normalized spacial score (nSPS) is 11.9. The van der Waals surface area contributed by atoms with Crippen LogP contribution in [0.25, 0.3) is 11.5 Å². The van der Waals surface area contributed by atoms with Gasteiger partial charge in [0.05, 0.1) is 6.54 Å². The summed E-state index contributed by atoms with van der Waals surface area (Å²) >= 11 is 0. The second kappa shape index (κ2) is 8.03. The molecule has 6 heteroatoms. The molecule has 1 amide bonds. The fourth-order valence-corrected chi connectivity index (χ4v) is 2.65. The molecule has 27 heavy (non-hydrogen) atoms. The maximum Gasteiger partial charge on any atom is 0.263 e. The zero-order valence-electron chi connectivity index (χ0n) is 16.0. The number of hydrogen-bond donors (Lipinski definition) is 0. The Bertz CT molecular complexity index is 918. The maximum absolute atomic E-state index is 12.6. The lowest BCUT2D eigenvalue weighted by atomic mass is 10.1. The van der Waals surface area contributed by atoms with Crippen molar-refractivity contribution in [3.63, 3.8) is 0 Å². The van der Waals surface area contributed by atoms with Gasteiger partial charge >= 0.3 is 0 Å². The second-order valence-electron chi connectivity index (χ2n) is 6.59. The van der Waals surface area contributed by atoms with Crippen molar-refractivity contribution >= 4 is 5.91 Å². The van der Waals surface area contributed by atoms with Gasteiger partial charge in [-0.05, 0) is 44.5 Å². The number of ether oxygens (including phenoxy) is 1. The van der Waals surface area contributed by atoms with E-state index >= 15 is 0 Å². The molecule has 0 unspecified atom stereocenters. The van der Waals surface area contributed by atoms with Gasteiger partial charge in [0, 0.05) is 12.6 Å². The maximum atomic E-state index is 12.6. The van der Waals surface area contributed by atoms with Crippen LogP contribution in [0.1, 0.15) is 23.9 Å². The van der Waals surface area contributed by atoms with Crippen LogP contribution in [0.3, 0.4) is 0 Å². The van der Waals surface area contributed by atoms with Gasteiger partial charge in [0.15, 0.2) is 6.10 Å². The summed E-state index contributed by atoms with van der Waals surface area (Å²) in [5, 5.41) is 8.11. The standard InChI is InChI=1S/C21H23N3O3/c1-14-9-11-17(12-10-14)20-23-22-19(27-20)13-24(4)21(25)16(3)26-18-8-6-5-7-15(18)2/h5-12,16H,13H2,1-4H3/t16-/m1/s1. The van der Waals surface area contributed by atoms with E-state index in [2.05, 4.69) is 10.2 Å². The Morgan fingerprint density at radius 1 is 1.11 bits per heavy atom. The van der Waals surface area contributed by atoms with Crippen molar-refractivity contribution in [2.75, 3.05) is 7.05 Å². The van der Waals surface area contributed by atoms with E-state index < -0.39 is 6.10 Å². The SMILES string of the molecule is Cc1ccc(-c2nnc(CN(C)C(=O)[C@@H](C)Oc3ccccc3C)o2)cc1. The molecule has 1 aromatic heterocycles. The molecule has 0 aliphatic carbocycles. The van der Waals surface area contributed by atoms with E-state index in [0.29, 0.717) is 17.5 Å². The number of nitrogens with zero attached hydrogens (tertiary/aromatic N) is 3. The molecule has 0 saturated carbocycles. The average Bonchev–Trinajstić information content (AvgIpc) is 3.12. The topological polar surface area (TPSA) is 68.5 Å². The lowest BCUT2D eigenvalue weighted by molar-refractivity contribution is -0.137. The summed E-state index contributed by atoms with van der Waals surface area (Å²) in [5.41, 5.74) is 3.00.